The van der Waals surface area contributed by atoms with Gasteiger partial charge in [-0.2, -0.15) is 26.3 Å². The molecule has 5 aliphatic rings. The summed E-state index contributed by atoms with van der Waals surface area (Å²) in [7, 11) is 5.37. The maximum absolute atomic E-state index is 14.3. The van der Waals surface area contributed by atoms with Gasteiger partial charge >= 0.3 is 18.4 Å². The Morgan fingerprint density at radius 1 is 0.612 bits per heavy atom. The molecule has 16 nitrogen and oxygen atoms in total. The van der Waals surface area contributed by atoms with Crippen LogP contribution in [0.3, 0.4) is 0 Å². The van der Waals surface area contributed by atoms with E-state index in [0.717, 1.165) is 86.5 Å². The number of carbonyl (C=O) groups is 5. The van der Waals surface area contributed by atoms with Gasteiger partial charge in [0.25, 0.3) is 11.8 Å². The number of piperidine rings is 2. The summed E-state index contributed by atoms with van der Waals surface area (Å²) in [6.45, 7) is 7.17. The minimum Gasteiger partial charge on any atom is -0.465 e. The topological polar surface area (TPSA) is 150 Å². The molecule has 4 heterocycles. The van der Waals surface area contributed by atoms with Crippen LogP contribution in [0, 0.1) is 5.82 Å². The fraction of sp³-hybridized carbons (Fsp3) is 0.468. The molecule has 1 N–H and O–H groups in total. The van der Waals surface area contributed by atoms with Crippen LogP contribution in [0.15, 0.2) is 140 Å². The highest BCUT2D eigenvalue weighted by molar-refractivity contribution is 5.96. The molecule has 0 bridgehead atoms. The van der Waals surface area contributed by atoms with Gasteiger partial charge in [0, 0.05) is 115 Å². The summed E-state index contributed by atoms with van der Waals surface area (Å²) in [6, 6.07) is 37.8. The first kappa shape index (κ1) is 81.3. The number of benzene rings is 6. The van der Waals surface area contributed by atoms with Gasteiger partial charge in [-0.1, -0.05) is 97.4 Å². The van der Waals surface area contributed by atoms with Crippen molar-refractivity contribution in [1.82, 2.24) is 34.3 Å². The molecule has 0 unspecified atom stereocenters. The summed E-state index contributed by atoms with van der Waals surface area (Å²) in [4.78, 5) is 81.9. The Labute approximate surface area is 616 Å². The number of carboxylic acid groups (broad SMARTS) is 1. The number of amides is 5. The molecule has 6 aromatic carbocycles. The van der Waals surface area contributed by atoms with Crippen LogP contribution in [0.2, 0.25) is 0 Å². The summed E-state index contributed by atoms with van der Waals surface area (Å²) < 4.78 is 110. The van der Waals surface area contributed by atoms with Crippen molar-refractivity contribution >= 4 is 72.6 Å². The first-order valence-electron chi connectivity index (χ1n) is 34.8. The Kier molecular flexibility index (Phi) is 28.1. The average molecular weight is 1500 g/mol. The number of ether oxygens (including phenoxy) is 2. The van der Waals surface area contributed by atoms with E-state index >= 15 is 0 Å². The molecule has 0 saturated carbocycles. The highest BCUT2D eigenvalue weighted by Crippen LogP contribution is 2.49. The predicted octanol–water partition coefficient (Wildman–Crippen LogP) is 14.1. The van der Waals surface area contributed by atoms with Crippen molar-refractivity contribution in [2.75, 3.05) is 118 Å². The normalized spacial score (nSPS) is 18.4. The van der Waals surface area contributed by atoms with E-state index in [1.807, 2.05) is 90.8 Å². The van der Waals surface area contributed by atoms with Crippen molar-refractivity contribution in [3.63, 3.8) is 0 Å². The largest absolute Gasteiger partial charge is 0.465 e. The molecule has 6 aromatic rings. The van der Waals surface area contributed by atoms with Gasteiger partial charge in [0.15, 0.2) is 0 Å². The molecule has 5 amide bonds. The molecule has 0 aromatic heterocycles. The van der Waals surface area contributed by atoms with Crippen LogP contribution in [0.5, 0.6) is 0 Å². The number of para-hydroxylation sites is 1. The molecule has 558 valence electrons. The first-order valence-corrected chi connectivity index (χ1v) is 34.8. The Bertz CT molecular complexity index is 3830. The van der Waals surface area contributed by atoms with Gasteiger partial charge in [-0.3, -0.25) is 29.0 Å². The Hall–Kier alpha value is -7.35. The minimum absolute atomic E-state index is 0. The van der Waals surface area contributed by atoms with Crippen LogP contribution < -0.4 is 4.90 Å². The number of hydrogen-bond acceptors (Lipinski definition) is 10. The van der Waals surface area contributed by atoms with E-state index < -0.39 is 64.6 Å². The number of likely N-dealkylation sites (tertiary alicyclic amines) is 2. The highest BCUT2D eigenvalue weighted by Gasteiger charge is 2.50. The lowest BCUT2D eigenvalue weighted by atomic mass is 9.72. The molecule has 103 heavy (non-hydrogen) atoms. The van der Waals surface area contributed by atoms with Crippen LogP contribution in [-0.2, 0) is 61.8 Å². The van der Waals surface area contributed by atoms with Gasteiger partial charge in [0.05, 0.1) is 29.5 Å². The SMILES string of the molecule is CN(CCN1CCC(N(C(=O)O)c2ccccc2-c2ccccc2)CC1)C(=O)CCCCCN1CCc2cc(C(=O)N(C)CCCN(C)C(=O)CO[C@H]3Cc4ccccc4C34CCN(CC[C@]3(c5ccc(F)cc5)CN(C(=O)c5cc(C(F)(F)F)cc(C(F)(F)F)c5)CO3)CC4)ccc2C1.Cl.Cl.Cl. The van der Waals surface area contributed by atoms with Crippen LogP contribution in [0.4, 0.5) is 41.2 Å². The molecule has 3 fully saturated rings. The number of rotatable bonds is 25. The molecule has 1 spiro atoms. The van der Waals surface area contributed by atoms with E-state index in [1.54, 1.807) is 23.9 Å². The van der Waals surface area contributed by atoms with Crippen LogP contribution in [0.25, 0.3) is 11.1 Å². The number of hydrogen-bond donors (Lipinski definition) is 1. The van der Waals surface area contributed by atoms with E-state index in [0.29, 0.717) is 113 Å². The summed E-state index contributed by atoms with van der Waals surface area (Å²) in [6.07, 6.45) is -3.29. The maximum atomic E-state index is 14.3. The Morgan fingerprint density at radius 2 is 1.25 bits per heavy atom. The molecular weight excluding hydrogens is 1400 g/mol. The summed E-state index contributed by atoms with van der Waals surface area (Å²) in [5, 5.41) is 10.4. The van der Waals surface area contributed by atoms with Crippen LogP contribution in [0.1, 0.15) is 124 Å². The molecule has 1 aliphatic carbocycles. The quantitative estimate of drug-likeness (QED) is 0.0431. The smallest absolute Gasteiger partial charge is 0.416 e. The molecule has 0 radical (unpaired) electrons. The number of carbonyl (C=O) groups excluding carboxylic acids is 4. The number of nitrogens with zero attached hydrogens (tertiary/aromatic N) is 8. The molecule has 2 atom stereocenters. The molecule has 4 aliphatic heterocycles. The summed E-state index contributed by atoms with van der Waals surface area (Å²) >= 11 is 0. The van der Waals surface area contributed by atoms with Gasteiger partial charge in [0.1, 0.15) is 24.8 Å². The van der Waals surface area contributed by atoms with Crippen molar-refractivity contribution in [3.05, 3.63) is 195 Å². The van der Waals surface area contributed by atoms with Gasteiger partial charge < -0.3 is 44.0 Å². The van der Waals surface area contributed by atoms with Crippen LogP contribution in [-0.4, -0.2) is 194 Å². The first-order chi connectivity index (χ1) is 47.9. The standard InChI is InChI=1S/C77H89F7N8O8.3ClH/c1-85(70(94)51-99-68-48-56-17-9-11-19-66(56)74(68)31-40-89(41-32-74)42-33-75(60-24-26-63(78)27-25-60)52-91(53-100-75)72(96)59-46-61(76(79,80)81)49-62(47-59)77(82,83)84)34-14-35-87(3)71(95)57-22-23-58-50-90(37-28-55(58)45-57)36-13-5-8-21-69(93)86(2)43-44-88-38-29-64(30-39-88)92(73(97)98)67-20-12-10-18-65(67)54-15-6-4-7-16-54;;;/h4,6-7,9-12,15-20,22-27,45-47,49,64,68H,5,8,13-14,21,28-44,48,50-53H2,1-3H3,(H,97,98);3*1H/t68-,75+;;;/m0.../s1. The van der Waals surface area contributed by atoms with E-state index in [4.69, 9.17) is 9.47 Å². The van der Waals surface area contributed by atoms with E-state index in [2.05, 4.69) is 32.9 Å². The van der Waals surface area contributed by atoms with Crippen molar-refractivity contribution in [1.29, 1.82) is 0 Å². The monoisotopic (exact) mass is 1490 g/mol. The Morgan fingerprint density at radius 3 is 1.94 bits per heavy atom. The molecule has 11 rings (SSSR count). The molecule has 3 saturated heterocycles. The average Bonchev–Trinajstić information content (AvgIpc) is 1.61. The van der Waals surface area contributed by atoms with Crippen LogP contribution >= 0.6 is 37.2 Å². The van der Waals surface area contributed by atoms with E-state index in [1.165, 1.54) is 45.9 Å². The van der Waals surface area contributed by atoms with Crippen molar-refractivity contribution in [3.8, 4) is 11.1 Å². The zero-order valence-corrected chi connectivity index (χ0v) is 60.7. The number of likely N-dealkylation sites (N-methyl/N-ethyl adjacent to an activating group) is 2. The third-order valence-electron chi connectivity index (χ3n) is 21.2. The van der Waals surface area contributed by atoms with E-state index in [9.17, 15) is 59.8 Å². The second-order valence-electron chi connectivity index (χ2n) is 27.6. The number of fused-ring (bicyclic) bond motifs is 3. The third kappa shape index (κ3) is 19.6. The maximum Gasteiger partial charge on any atom is 0.416 e. The molecular formula is C77H92Cl3F7N8O8. The lowest BCUT2D eigenvalue weighted by Crippen LogP contribution is -2.50. The van der Waals surface area contributed by atoms with Crippen molar-refractivity contribution in [2.24, 2.45) is 0 Å². The predicted molar refractivity (Wildman–Crippen MR) is 388 cm³/mol. The Balaban J connectivity index is 0.00000448. The second-order valence-corrected chi connectivity index (χ2v) is 27.6. The minimum atomic E-state index is -5.15. The van der Waals surface area contributed by atoms with Crippen molar-refractivity contribution < 1.29 is 69.3 Å². The lowest BCUT2D eigenvalue weighted by molar-refractivity contribution is -0.143. The number of alkyl halides is 6. The van der Waals surface area contributed by atoms with Gasteiger partial charge in [0.2, 0.25) is 11.8 Å². The summed E-state index contributed by atoms with van der Waals surface area (Å²) in [5.41, 5.74) is 2.70. The number of unbranched alkanes of at least 4 members (excludes halogenated alkanes) is 2. The summed E-state index contributed by atoms with van der Waals surface area (Å²) in [5.74, 6) is -1.74. The molecule has 26 heteroatoms. The third-order valence-corrected chi connectivity index (χ3v) is 21.2. The number of halogens is 10. The second kappa shape index (κ2) is 35.6. The highest BCUT2D eigenvalue weighted by atomic mass is 35.5. The number of anilines is 1. The zero-order valence-electron chi connectivity index (χ0n) is 58.3. The van der Waals surface area contributed by atoms with Gasteiger partial charge in [-0.05, 0) is 166 Å². The van der Waals surface area contributed by atoms with Gasteiger partial charge in [-0.15, -0.1) is 37.2 Å². The van der Waals surface area contributed by atoms with E-state index in [-0.39, 0.29) is 92.7 Å². The lowest BCUT2D eigenvalue weighted by Gasteiger charge is -2.44. The fourth-order valence-electron chi connectivity index (χ4n) is 15.3. The van der Waals surface area contributed by atoms with Gasteiger partial charge in [-0.25, -0.2) is 9.18 Å². The fourth-order valence-corrected chi connectivity index (χ4v) is 15.3. The van der Waals surface area contributed by atoms with Crippen molar-refractivity contribution in [2.45, 2.75) is 119 Å². The zero-order chi connectivity index (χ0) is 70.9.